The molecule has 0 fully saturated rings. The molecule has 0 aromatic heterocycles. The molecule has 0 aromatic rings. The van der Waals surface area contributed by atoms with Gasteiger partial charge in [0.2, 0.25) is 0 Å². The summed E-state index contributed by atoms with van der Waals surface area (Å²) in [4.78, 5) is 13.8. The molecule has 0 spiro atoms. The largest absolute Gasteiger partial charge is 0.482 e. The zero-order valence-electron chi connectivity index (χ0n) is 8.53. The maximum Gasteiger partial charge on any atom is 0.330 e. The molecule has 0 bridgehead atoms. The third-order valence-corrected chi connectivity index (χ3v) is 1.62. The number of aliphatic imine (C=N–C) groups is 1. The van der Waals surface area contributed by atoms with Crippen molar-refractivity contribution in [2.45, 2.75) is 26.2 Å². The van der Waals surface area contributed by atoms with Crippen LogP contribution in [0.3, 0.4) is 0 Å². The van der Waals surface area contributed by atoms with Gasteiger partial charge in [-0.05, 0) is 12.8 Å². The van der Waals surface area contributed by atoms with Gasteiger partial charge in [-0.15, -0.1) is 0 Å². The van der Waals surface area contributed by atoms with E-state index in [1.807, 2.05) is 6.92 Å². The molecule has 0 aromatic carbocycles. The summed E-state index contributed by atoms with van der Waals surface area (Å²) in [5, 5.41) is 8.31. The number of ether oxygens (including phenoxy) is 1. The van der Waals surface area contributed by atoms with Crippen LogP contribution < -0.4 is 0 Å². The molecule has 0 unspecified atom stereocenters. The summed E-state index contributed by atoms with van der Waals surface area (Å²) in [7, 11) is 0. The van der Waals surface area contributed by atoms with Gasteiger partial charge in [0.05, 0.1) is 6.54 Å². The van der Waals surface area contributed by atoms with E-state index in [0.717, 1.165) is 26.0 Å². The molecule has 0 aliphatic carbocycles. The molecule has 80 valence electrons. The summed E-state index contributed by atoms with van der Waals surface area (Å²) in [6, 6.07) is 0. The first-order chi connectivity index (χ1) is 6.68. The Morgan fingerprint density at radius 3 is 2.71 bits per heavy atom. The highest BCUT2D eigenvalue weighted by Crippen LogP contribution is 2.03. The van der Waals surface area contributed by atoms with Crippen LogP contribution in [0.5, 0.6) is 0 Å². The topological polar surface area (TPSA) is 58.9 Å². The van der Waals surface area contributed by atoms with Crippen molar-refractivity contribution in [3.63, 3.8) is 0 Å². The van der Waals surface area contributed by atoms with Gasteiger partial charge in [0, 0.05) is 5.57 Å². The predicted molar refractivity (Wildman–Crippen MR) is 55.6 cm³/mol. The van der Waals surface area contributed by atoms with Crippen LogP contribution in [0, 0.1) is 0 Å². The Morgan fingerprint density at radius 2 is 2.43 bits per heavy atom. The quantitative estimate of drug-likeness (QED) is 0.703. The fourth-order valence-electron chi connectivity index (χ4n) is 0.761. The fourth-order valence-corrected chi connectivity index (χ4v) is 0.761. The highest BCUT2D eigenvalue weighted by Gasteiger charge is 2.00. The summed E-state index contributed by atoms with van der Waals surface area (Å²) in [6.07, 6.45) is 4.04. The lowest BCUT2D eigenvalue weighted by Gasteiger charge is -1.95. The van der Waals surface area contributed by atoms with Crippen LogP contribution in [0.15, 0.2) is 17.1 Å². The van der Waals surface area contributed by atoms with Crippen molar-refractivity contribution in [2.75, 3.05) is 13.2 Å². The minimum atomic E-state index is -0.872. The molecule has 4 heteroatoms. The normalized spacial score (nSPS) is 12.6. The average molecular weight is 199 g/mol. The number of hydrogen-bond donors (Lipinski definition) is 1. The molecule has 4 nitrogen and oxygen atoms in total. The number of carboxylic acids is 1. The molecule has 1 aliphatic rings. The Morgan fingerprint density at radius 1 is 1.71 bits per heavy atom. The third kappa shape index (κ3) is 7.34. The number of aliphatic carboxylic acids is 1. The summed E-state index contributed by atoms with van der Waals surface area (Å²) < 4.78 is 4.65. The Hall–Kier alpha value is -1.32. The second-order valence-electron chi connectivity index (χ2n) is 2.89. The minimum Gasteiger partial charge on any atom is -0.482 e. The highest BCUT2D eigenvalue weighted by molar-refractivity contribution is 5.85. The number of nitrogens with zero attached hydrogens (tertiary/aromatic N) is 1. The summed E-state index contributed by atoms with van der Waals surface area (Å²) in [5.74, 6) is -0.872. The van der Waals surface area contributed by atoms with E-state index < -0.39 is 5.97 Å². The van der Waals surface area contributed by atoms with Crippen LogP contribution >= 0.6 is 0 Å². The molecule has 1 N–H and O–H groups in total. The molecular weight excluding hydrogens is 182 g/mol. The minimum absolute atomic E-state index is 0.317. The molecule has 0 saturated carbocycles. The molecular formula is C10H17NO3. The number of carbonyl (C=O) groups is 1. The average Bonchev–Trinajstić information content (AvgIpc) is 2.71. The van der Waals surface area contributed by atoms with Gasteiger partial charge in [0.25, 0.3) is 0 Å². The molecule has 0 amide bonds. The fraction of sp³-hybridized carbons (Fsp3) is 0.600. The van der Waals surface area contributed by atoms with Crippen LogP contribution in [0.25, 0.3) is 0 Å². The lowest BCUT2D eigenvalue weighted by Crippen LogP contribution is -1.97. The van der Waals surface area contributed by atoms with Crippen molar-refractivity contribution in [3.05, 3.63) is 12.2 Å². The van der Waals surface area contributed by atoms with E-state index in [9.17, 15) is 4.79 Å². The van der Waals surface area contributed by atoms with Crippen LogP contribution in [0.1, 0.15) is 26.2 Å². The van der Waals surface area contributed by atoms with Crippen molar-refractivity contribution in [2.24, 2.45) is 4.99 Å². The van der Waals surface area contributed by atoms with E-state index >= 15 is 0 Å². The maximum atomic E-state index is 10.1. The van der Waals surface area contributed by atoms with Gasteiger partial charge in [0.15, 0.2) is 6.40 Å². The maximum absolute atomic E-state index is 10.1. The highest BCUT2D eigenvalue weighted by atomic mass is 16.5. The Kier molecular flexibility index (Phi) is 7.50. The number of rotatable bonds is 4. The smallest absolute Gasteiger partial charge is 0.330 e. The van der Waals surface area contributed by atoms with Gasteiger partial charge < -0.3 is 9.84 Å². The molecule has 1 heterocycles. The van der Waals surface area contributed by atoms with E-state index in [1.54, 1.807) is 0 Å². The monoisotopic (exact) mass is 199 g/mol. The van der Waals surface area contributed by atoms with Gasteiger partial charge >= 0.3 is 5.97 Å². The van der Waals surface area contributed by atoms with Gasteiger partial charge in [-0.2, -0.15) is 0 Å². The Labute approximate surface area is 84.3 Å². The molecule has 0 radical (unpaired) electrons. The first-order valence-corrected chi connectivity index (χ1v) is 4.69. The zero-order valence-corrected chi connectivity index (χ0v) is 8.53. The predicted octanol–water partition coefficient (Wildman–Crippen LogP) is 1.86. The van der Waals surface area contributed by atoms with Gasteiger partial charge in [0.1, 0.15) is 6.61 Å². The van der Waals surface area contributed by atoms with Crippen LogP contribution in [-0.2, 0) is 9.53 Å². The van der Waals surface area contributed by atoms with E-state index in [2.05, 4.69) is 16.3 Å². The molecule has 14 heavy (non-hydrogen) atoms. The SMILES string of the molecule is C1=NCCO1.C=C(CCCC)C(=O)O. The van der Waals surface area contributed by atoms with Crippen molar-refractivity contribution in [3.8, 4) is 0 Å². The second-order valence-corrected chi connectivity index (χ2v) is 2.89. The van der Waals surface area contributed by atoms with E-state index in [-0.39, 0.29) is 0 Å². The van der Waals surface area contributed by atoms with Gasteiger partial charge in [-0.25, -0.2) is 4.79 Å². The van der Waals surface area contributed by atoms with E-state index in [4.69, 9.17) is 5.11 Å². The molecule has 1 rings (SSSR count). The second kappa shape index (κ2) is 8.29. The van der Waals surface area contributed by atoms with Gasteiger partial charge in [-0.3, -0.25) is 4.99 Å². The number of carboxylic acid groups (broad SMARTS) is 1. The lowest BCUT2D eigenvalue weighted by atomic mass is 10.1. The van der Waals surface area contributed by atoms with Crippen molar-refractivity contribution >= 4 is 12.4 Å². The van der Waals surface area contributed by atoms with Crippen molar-refractivity contribution in [1.82, 2.24) is 0 Å². The zero-order chi connectivity index (χ0) is 10.8. The number of unbranched alkanes of at least 4 members (excludes halogenated alkanes) is 1. The van der Waals surface area contributed by atoms with Crippen molar-refractivity contribution < 1.29 is 14.6 Å². The number of hydrogen-bond acceptors (Lipinski definition) is 3. The van der Waals surface area contributed by atoms with Crippen LogP contribution in [-0.4, -0.2) is 30.6 Å². The Bertz CT molecular complexity index is 205. The summed E-state index contributed by atoms with van der Waals surface area (Å²) in [6.45, 7) is 7.04. The first kappa shape index (κ1) is 12.7. The van der Waals surface area contributed by atoms with Crippen LogP contribution in [0.4, 0.5) is 0 Å². The first-order valence-electron chi connectivity index (χ1n) is 4.69. The Balaban J connectivity index is 0.000000280. The summed E-state index contributed by atoms with van der Waals surface area (Å²) in [5.41, 5.74) is 0.317. The third-order valence-electron chi connectivity index (χ3n) is 1.62. The molecule has 0 saturated heterocycles. The molecule has 1 aliphatic heterocycles. The summed E-state index contributed by atoms with van der Waals surface area (Å²) >= 11 is 0. The van der Waals surface area contributed by atoms with E-state index in [0.29, 0.717) is 12.0 Å². The molecule has 0 atom stereocenters. The van der Waals surface area contributed by atoms with Crippen molar-refractivity contribution in [1.29, 1.82) is 0 Å². The van der Waals surface area contributed by atoms with E-state index in [1.165, 1.54) is 6.40 Å². The van der Waals surface area contributed by atoms with Crippen LogP contribution in [0.2, 0.25) is 0 Å². The lowest BCUT2D eigenvalue weighted by molar-refractivity contribution is -0.132. The van der Waals surface area contributed by atoms with Gasteiger partial charge in [-0.1, -0.05) is 19.9 Å². The standard InChI is InChI=1S/C7H12O2.C3H5NO/c1-3-4-5-6(2)7(8)9;1-2-5-3-4-1/h2-5H2,1H3,(H,8,9);3H,1-2H2.